The average Bonchev–Trinajstić information content (AvgIpc) is 2.37. The second-order valence-corrected chi connectivity index (χ2v) is 6.22. The number of hydrogen-bond acceptors (Lipinski definition) is 2. The summed E-state index contributed by atoms with van der Waals surface area (Å²) in [4.78, 5) is 2.19. The summed E-state index contributed by atoms with van der Waals surface area (Å²) in [6.45, 7) is 4.14. The van der Waals surface area contributed by atoms with Gasteiger partial charge in [0, 0.05) is 23.2 Å². The summed E-state index contributed by atoms with van der Waals surface area (Å²) >= 11 is 3.67. The van der Waals surface area contributed by atoms with E-state index in [1.165, 1.54) is 16.8 Å². The first-order valence-corrected chi connectivity index (χ1v) is 7.61. The van der Waals surface area contributed by atoms with Crippen LogP contribution in [-0.2, 0) is 6.42 Å². The number of anilines is 2. The fraction of sp³-hybridized carbons (Fsp3) is 0.294. The van der Waals surface area contributed by atoms with E-state index in [1.54, 1.807) is 0 Å². The topological polar surface area (TPSA) is 29.3 Å². The molecular weight excluding hydrogens is 312 g/mol. The van der Waals surface area contributed by atoms with Crippen molar-refractivity contribution < 1.29 is 0 Å². The summed E-state index contributed by atoms with van der Waals surface area (Å²) in [6, 6.07) is 15.1. The molecule has 2 aromatic carbocycles. The Labute approximate surface area is 129 Å². The largest absolute Gasteiger partial charge is 0.344 e. The molecule has 0 saturated heterocycles. The molecule has 0 aliphatic heterocycles. The standard InChI is InChI=1S/C17H21BrN2/c1-12-5-4-6-15(9-12)20(3)17-8-7-14(10-13(2)19)11-16(17)18/h4-9,11,13H,10,19H2,1-3H3. The van der Waals surface area contributed by atoms with Crippen LogP contribution in [0.25, 0.3) is 0 Å². The minimum atomic E-state index is 0.183. The van der Waals surface area contributed by atoms with Crippen molar-refractivity contribution in [2.45, 2.75) is 26.3 Å². The third-order valence-electron chi connectivity index (χ3n) is 3.32. The molecule has 1 unspecified atom stereocenters. The molecule has 0 aliphatic rings. The lowest BCUT2D eigenvalue weighted by molar-refractivity contribution is 0.738. The SMILES string of the molecule is Cc1cccc(N(C)c2ccc(CC(C)N)cc2Br)c1. The second kappa shape index (κ2) is 6.42. The van der Waals surface area contributed by atoms with Gasteiger partial charge in [0.15, 0.2) is 0 Å². The Hall–Kier alpha value is -1.32. The molecule has 0 aliphatic carbocycles. The third kappa shape index (κ3) is 3.62. The first-order chi connectivity index (χ1) is 9.47. The van der Waals surface area contributed by atoms with Gasteiger partial charge in [-0.05, 0) is 71.6 Å². The van der Waals surface area contributed by atoms with Gasteiger partial charge >= 0.3 is 0 Å². The summed E-state index contributed by atoms with van der Waals surface area (Å²) in [6.07, 6.45) is 0.896. The van der Waals surface area contributed by atoms with Gasteiger partial charge in [0.2, 0.25) is 0 Å². The average molecular weight is 333 g/mol. The maximum atomic E-state index is 5.85. The fourth-order valence-electron chi connectivity index (χ4n) is 2.30. The maximum Gasteiger partial charge on any atom is 0.0552 e. The highest BCUT2D eigenvalue weighted by Gasteiger charge is 2.09. The molecule has 3 heteroatoms. The molecule has 0 radical (unpaired) electrons. The molecule has 0 amide bonds. The van der Waals surface area contributed by atoms with Crippen molar-refractivity contribution in [3.63, 3.8) is 0 Å². The first kappa shape index (κ1) is 15.1. The Bertz CT molecular complexity index is 593. The lowest BCUT2D eigenvalue weighted by Crippen LogP contribution is -2.18. The van der Waals surface area contributed by atoms with Crippen LogP contribution in [0, 0.1) is 6.92 Å². The van der Waals surface area contributed by atoms with Crippen molar-refractivity contribution >= 4 is 27.3 Å². The van der Waals surface area contributed by atoms with Crippen molar-refractivity contribution in [2.75, 3.05) is 11.9 Å². The molecule has 106 valence electrons. The second-order valence-electron chi connectivity index (χ2n) is 5.37. The van der Waals surface area contributed by atoms with Crippen LogP contribution in [0.2, 0.25) is 0 Å². The van der Waals surface area contributed by atoms with Crippen molar-refractivity contribution in [3.05, 3.63) is 58.1 Å². The van der Waals surface area contributed by atoms with Crippen LogP contribution in [0.5, 0.6) is 0 Å². The smallest absolute Gasteiger partial charge is 0.0552 e. The van der Waals surface area contributed by atoms with Crippen molar-refractivity contribution in [1.29, 1.82) is 0 Å². The van der Waals surface area contributed by atoms with E-state index in [0.29, 0.717) is 0 Å². The van der Waals surface area contributed by atoms with E-state index in [0.717, 1.165) is 16.6 Å². The predicted octanol–water partition coefficient (Wildman–Crippen LogP) is 4.42. The summed E-state index contributed by atoms with van der Waals surface area (Å²) in [5.41, 5.74) is 10.7. The quantitative estimate of drug-likeness (QED) is 0.898. The Kier molecular flexibility index (Phi) is 4.84. The Morgan fingerprint density at radius 3 is 2.55 bits per heavy atom. The molecule has 20 heavy (non-hydrogen) atoms. The van der Waals surface area contributed by atoms with E-state index in [2.05, 4.69) is 77.3 Å². The Morgan fingerprint density at radius 1 is 1.20 bits per heavy atom. The summed E-state index contributed by atoms with van der Waals surface area (Å²) in [7, 11) is 2.08. The number of hydrogen-bond donors (Lipinski definition) is 1. The van der Waals surface area contributed by atoms with Gasteiger partial charge in [0.05, 0.1) is 5.69 Å². The van der Waals surface area contributed by atoms with Gasteiger partial charge in [0.1, 0.15) is 0 Å². The van der Waals surface area contributed by atoms with E-state index in [4.69, 9.17) is 5.73 Å². The molecule has 0 bridgehead atoms. The Balaban J connectivity index is 2.28. The zero-order valence-electron chi connectivity index (χ0n) is 12.2. The first-order valence-electron chi connectivity index (χ1n) is 6.82. The molecule has 2 nitrogen and oxygen atoms in total. The number of nitrogens with zero attached hydrogens (tertiary/aromatic N) is 1. The fourth-order valence-corrected chi connectivity index (χ4v) is 2.99. The van der Waals surface area contributed by atoms with Crippen LogP contribution in [0.3, 0.4) is 0 Å². The molecule has 0 fully saturated rings. The molecule has 2 aromatic rings. The number of halogens is 1. The zero-order chi connectivity index (χ0) is 14.7. The van der Waals surface area contributed by atoms with E-state index >= 15 is 0 Å². The Morgan fingerprint density at radius 2 is 1.95 bits per heavy atom. The van der Waals surface area contributed by atoms with Crippen LogP contribution in [0.1, 0.15) is 18.1 Å². The van der Waals surface area contributed by atoms with Crippen LogP contribution in [-0.4, -0.2) is 13.1 Å². The summed E-state index contributed by atoms with van der Waals surface area (Å²) < 4.78 is 1.10. The highest BCUT2D eigenvalue weighted by molar-refractivity contribution is 9.10. The molecule has 2 N–H and O–H groups in total. The van der Waals surface area contributed by atoms with E-state index in [9.17, 15) is 0 Å². The van der Waals surface area contributed by atoms with Gasteiger partial charge in [-0.15, -0.1) is 0 Å². The molecule has 0 aromatic heterocycles. The van der Waals surface area contributed by atoms with Crippen LogP contribution in [0.15, 0.2) is 46.9 Å². The number of nitrogens with two attached hydrogens (primary N) is 1. The normalized spacial score (nSPS) is 12.2. The minimum absolute atomic E-state index is 0.183. The molecule has 0 saturated carbocycles. The third-order valence-corrected chi connectivity index (χ3v) is 3.96. The summed E-state index contributed by atoms with van der Waals surface area (Å²) in [5.74, 6) is 0. The van der Waals surface area contributed by atoms with Crippen LogP contribution >= 0.6 is 15.9 Å². The van der Waals surface area contributed by atoms with Crippen LogP contribution < -0.4 is 10.6 Å². The predicted molar refractivity (Wildman–Crippen MR) is 90.7 cm³/mol. The number of aryl methyl sites for hydroxylation is 1. The van der Waals surface area contributed by atoms with Crippen LogP contribution in [0.4, 0.5) is 11.4 Å². The summed E-state index contributed by atoms with van der Waals surface area (Å²) in [5, 5.41) is 0. The number of benzene rings is 2. The van der Waals surface area contributed by atoms with Crippen molar-refractivity contribution in [1.82, 2.24) is 0 Å². The maximum absolute atomic E-state index is 5.85. The van der Waals surface area contributed by atoms with Crippen molar-refractivity contribution in [3.8, 4) is 0 Å². The van der Waals surface area contributed by atoms with Gasteiger partial charge in [-0.3, -0.25) is 0 Å². The van der Waals surface area contributed by atoms with Gasteiger partial charge in [-0.25, -0.2) is 0 Å². The number of rotatable bonds is 4. The lowest BCUT2D eigenvalue weighted by atomic mass is 10.1. The molecular formula is C17H21BrN2. The van der Waals surface area contributed by atoms with E-state index < -0.39 is 0 Å². The van der Waals surface area contributed by atoms with Gasteiger partial charge in [0.25, 0.3) is 0 Å². The molecule has 0 spiro atoms. The monoisotopic (exact) mass is 332 g/mol. The minimum Gasteiger partial charge on any atom is -0.344 e. The lowest BCUT2D eigenvalue weighted by Gasteiger charge is -2.22. The molecule has 2 rings (SSSR count). The highest BCUT2D eigenvalue weighted by atomic mass is 79.9. The van der Waals surface area contributed by atoms with E-state index in [1.807, 2.05) is 6.92 Å². The van der Waals surface area contributed by atoms with Gasteiger partial charge in [-0.1, -0.05) is 18.2 Å². The van der Waals surface area contributed by atoms with Gasteiger partial charge < -0.3 is 10.6 Å². The van der Waals surface area contributed by atoms with Crippen molar-refractivity contribution in [2.24, 2.45) is 5.73 Å². The van der Waals surface area contributed by atoms with Gasteiger partial charge in [-0.2, -0.15) is 0 Å². The molecule has 0 heterocycles. The van der Waals surface area contributed by atoms with E-state index in [-0.39, 0.29) is 6.04 Å². The highest BCUT2D eigenvalue weighted by Crippen LogP contribution is 2.32. The zero-order valence-corrected chi connectivity index (χ0v) is 13.8. The molecule has 1 atom stereocenters.